The van der Waals surface area contributed by atoms with Gasteiger partial charge in [0.05, 0.1) is 4.47 Å². The first-order chi connectivity index (χ1) is 8.79. The fourth-order valence-corrected chi connectivity index (χ4v) is 2.99. The summed E-state index contributed by atoms with van der Waals surface area (Å²) in [4.78, 5) is 2.14. The van der Waals surface area contributed by atoms with E-state index in [4.69, 9.17) is 0 Å². The Morgan fingerprint density at radius 1 is 1.32 bits per heavy atom. The van der Waals surface area contributed by atoms with Crippen molar-refractivity contribution in [2.75, 3.05) is 13.1 Å². The summed E-state index contributed by atoms with van der Waals surface area (Å²) in [6, 6.07) is 2.73. The lowest BCUT2D eigenvalue weighted by molar-refractivity contribution is 0.224. The van der Waals surface area contributed by atoms with Crippen LogP contribution in [0.3, 0.4) is 0 Å². The van der Waals surface area contributed by atoms with Crippen molar-refractivity contribution < 1.29 is 8.78 Å². The molecule has 19 heavy (non-hydrogen) atoms. The molecule has 1 unspecified atom stereocenters. The molecule has 1 aliphatic heterocycles. The van der Waals surface area contributed by atoms with Crippen molar-refractivity contribution in [1.82, 2.24) is 4.90 Å². The summed E-state index contributed by atoms with van der Waals surface area (Å²) in [5, 5.41) is 0. The zero-order chi connectivity index (χ0) is 14.2. The molecular weight excluding hydrogens is 312 g/mol. The molecule has 0 saturated carbocycles. The molecule has 0 radical (unpaired) electrons. The van der Waals surface area contributed by atoms with E-state index in [1.165, 1.54) is 12.1 Å². The molecule has 0 spiro atoms. The van der Waals surface area contributed by atoms with Crippen molar-refractivity contribution in [3.05, 3.63) is 33.8 Å². The molecule has 4 heteroatoms. The molecule has 0 aliphatic carbocycles. The van der Waals surface area contributed by atoms with Crippen LogP contribution >= 0.6 is 15.9 Å². The highest BCUT2D eigenvalue weighted by Gasteiger charge is 2.32. The summed E-state index contributed by atoms with van der Waals surface area (Å²) in [7, 11) is 0. The van der Waals surface area contributed by atoms with Gasteiger partial charge in [-0.25, -0.2) is 8.78 Å². The van der Waals surface area contributed by atoms with Crippen LogP contribution in [0, 0.1) is 23.0 Å². The average molecular weight is 332 g/mol. The summed E-state index contributed by atoms with van der Waals surface area (Å²) in [5.41, 5.74) is 0.423. The minimum atomic E-state index is -0.473. The van der Waals surface area contributed by atoms with Crippen LogP contribution in [0.1, 0.15) is 32.8 Å². The van der Waals surface area contributed by atoms with E-state index < -0.39 is 11.6 Å². The molecule has 1 aromatic carbocycles. The third-order valence-electron chi connectivity index (χ3n) is 4.02. The number of hydrogen-bond donors (Lipinski definition) is 0. The van der Waals surface area contributed by atoms with Gasteiger partial charge in [0, 0.05) is 18.7 Å². The molecule has 1 heterocycles. The van der Waals surface area contributed by atoms with E-state index in [9.17, 15) is 8.78 Å². The van der Waals surface area contributed by atoms with Gasteiger partial charge in [0.25, 0.3) is 0 Å². The Morgan fingerprint density at radius 3 is 2.58 bits per heavy atom. The molecule has 1 atom stereocenters. The second-order valence-corrected chi connectivity index (χ2v) is 7.26. The number of nitrogens with zero attached hydrogens (tertiary/aromatic N) is 1. The van der Waals surface area contributed by atoms with Crippen LogP contribution in [0.5, 0.6) is 0 Å². The Hall–Kier alpha value is -0.480. The van der Waals surface area contributed by atoms with E-state index in [0.29, 0.717) is 16.9 Å². The van der Waals surface area contributed by atoms with Gasteiger partial charge in [0.15, 0.2) is 0 Å². The van der Waals surface area contributed by atoms with Gasteiger partial charge in [0.1, 0.15) is 11.6 Å². The molecule has 1 aliphatic rings. The van der Waals surface area contributed by atoms with Gasteiger partial charge in [-0.15, -0.1) is 0 Å². The Bertz CT molecular complexity index is 468. The molecule has 1 saturated heterocycles. The average Bonchev–Trinajstić information content (AvgIpc) is 2.78. The highest BCUT2D eigenvalue weighted by atomic mass is 79.9. The fraction of sp³-hybridized carbons (Fsp3) is 0.600. The highest BCUT2D eigenvalue weighted by Crippen LogP contribution is 2.34. The molecular formula is C15H20BrF2N. The molecule has 106 valence electrons. The Labute approximate surface area is 122 Å². The SMILES string of the molecule is CC(C)(C)C1CCN(Cc2c(F)ccc(Br)c2F)C1. The second kappa shape index (κ2) is 5.49. The molecule has 0 N–H and O–H groups in total. The van der Waals surface area contributed by atoms with Gasteiger partial charge in [0.2, 0.25) is 0 Å². The van der Waals surface area contributed by atoms with Crippen molar-refractivity contribution in [1.29, 1.82) is 0 Å². The zero-order valence-corrected chi connectivity index (χ0v) is 13.2. The Kier molecular flexibility index (Phi) is 4.31. The van der Waals surface area contributed by atoms with Crippen LogP contribution in [0.2, 0.25) is 0 Å². The minimum Gasteiger partial charge on any atom is -0.299 e. The van der Waals surface area contributed by atoms with Crippen molar-refractivity contribution in [3.8, 4) is 0 Å². The Morgan fingerprint density at radius 2 is 2.00 bits per heavy atom. The standard InChI is InChI=1S/C15H20BrF2N/c1-15(2,3)10-6-7-19(8-10)9-11-13(17)5-4-12(16)14(11)18/h4-5,10H,6-9H2,1-3H3. The third-order valence-corrected chi connectivity index (χ3v) is 4.63. The van der Waals surface area contributed by atoms with E-state index in [1.807, 2.05) is 0 Å². The van der Waals surface area contributed by atoms with Crippen LogP contribution in [-0.2, 0) is 6.54 Å². The third kappa shape index (κ3) is 3.34. The van der Waals surface area contributed by atoms with Crippen LogP contribution in [0.25, 0.3) is 0 Å². The van der Waals surface area contributed by atoms with Gasteiger partial charge in [-0.1, -0.05) is 20.8 Å². The number of halogens is 3. The van der Waals surface area contributed by atoms with Crippen molar-refractivity contribution in [2.45, 2.75) is 33.7 Å². The lowest BCUT2D eigenvalue weighted by atomic mass is 9.80. The predicted octanol–water partition coefficient (Wildman–Crippen LogP) is 4.60. The molecule has 2 rings (SSSR count). The first-order valence-electron chi connectivity index (χ1n) is 6.64. The second-order valence-electron chi connectivity index (χ2n) is 6.41. The van der Waals surface area contributed by atoms with Gasteiger partial charge in [-0.2, -0.15) is 0 Å². The molecule has 0 amide bonds. The summed E-state index contributed by atoms with van der Waals surface area (Å²) in [6.07, 6.45) is 1.10. The van der Waals surface area contributed by atoms with Crippen LogP contribution in [0.4, 0.5) is 8.78 Å². The van der Waals surface area contributed by atoms with E-state index in [2.05, 4.69) is 41.6 Å². The van der Waals surface area contributed by atoms with Crippen LogP contribution < -0.4 is 0 Å². The van der Waals surface area contributed by atoms with E-state index >= 15 is 0 Å². The molecule has 1 fully saturated rings. The quantitative estimate of drug-likeness (QED) is 0.716. The molecule has 1 aromatic rings. The predicted molar refractivity (Wildman–Crippen MR) is 76.9 cm³/mol. The fourth-order valence-electron chi connectivity index (χ4n) is 2.62. The minimum absolute atomic E-state index is 0.170. The zero-order valence-electron chi connectivity index (χ0n) is 11.6. The largest absolute Gasteiger partial charge is 0.299 e. The highest BCUT2D eigenvalue weighted by molar-refractivity contribution is 9.10. The number of rotatable bonds is 2. The lowest BCUT2D eigenvalue weighted by Crippen LogP contribution is -2.26. The van der Waals surface area contributed by atoms with Crippen LogP contribution in [0.15, 0.2) is 16.6 Å². The number of benzene rings is 1. The maximum atomic E-state index is 13.9. The lowest BCUT2D eigenvalue weighted by Gasteiger charge is -2.27. The summed E-state index contributed by atoms with van der Waals surface area (Å²) >= 11 is 3.11. The summed E-state index contributed by atoms with van der Waals surface area (Å²) in [5.74, 6) is -0.343. The normalized spacial score (nSPS) is 21.1. The maximum absolute atomic E-state index is 13.9. The Balaban J connectivity index is 2.10. The first-order valence-corrected chi connectivity index (χ1v) is 7.43. The van der Waals surface area contributed by atoms with E-state index in [0.717, 1.165) is 19.5 Å². The number of likely N-dealkylation sites (tertiary alicyclic amines) is 1. The molecule has 0 aromatic heterocycles. The van der Waals surface area contributed by atoms with Crippen molar-refractivity contribution in [3.63, 3.8) is 0 Å². The van der Waals surface area contributed by atoms with Gasteiger partial charge < -0.3 is 0 Å². The monoisotopic (exact) mass is 331 g/mol. The maximum Gasteiger partial charge on any atom is 0.144 e. The van der Waals surface area contributed by atoms with Gasteiger partial charge in [-0.3, -0.25) is 4.90 Å². The van der Waals surface area contributed by atoms with Gasteiger partial charge in [-0.05, 0) is 52.4 Å². The van der Waals surface area contributed by atoms with E-state index in [-0.39, 0.29) is 11.0 Å². The van der Waals surface area contributed by atoms with Gasteiger partial charge >= 0.3 is 0 Å². The van der Waals surface area contributed by atoms with Crippen LogP contribution in [-0.4, -0.2) is 18.0 Å². The first kappa shape index (κ1) is 14.9. The summed E-state index contributed by atoms with van der Waals surface area (Å²) < 4.78 is 28.0. The van der Waals surface area contributed by atoms with Crippen molar-refractivity contribution in [2.24, 2.45) is 11.3 Å². The molecule has 1 nitrogen and oxygen atoms in total. The topological polar surface area (TPSA) is 3.24 Å². The van der Waals surface area contributed by atoms with Crippen molar-refractivity contribution >= 4 is 15.9 Å². The number of hydrogen-bond acceptors (Lipinski definition) is 1. The summed E-state index contributed by atoms with van der Waals surface area (Å²) in [6.45, 7) is 8.84. The van der Waals surface area contributed by atoms with E-state index in [1.54, 1.807) is 0 Å². The smallest absolute Gasteiger partial charge is 0.144 e. The molecule has 0 bridgehead atoms.